The first kappa shape index (κ1) is 34.9. The standard InChI is InChI=1S/Mo.2H2N.H2S.S/h;3*1H2;/q;2*-1;;/p-1. The predicted molar refractivity (Wildman–Crippen MR) is 26.9 cm³/mol. The molecule has 0 rings (SSSR count). The fraction of sp³-hybridized carbons (Fsp3) is 0. The Morgan fingerprint density at radius 2 is 1.00 bits per heavy atom. The van der Waals surface area contributed by atoms with Crippen molar-refractivity contribution in [2.45, 2.75) is 0 Å². The van der Waals surface area contributed by atoms with E-state index in [0.29, 0.717) is 0 Å². The molecule has 36 valence electrons. The van der Waals surface area contributed by atoms with Crippen LogP contribution in [0.25, 0.3) is 12.3 Å². The molecular weight excluding hydrogens is 188 g/mol. The second kappa shape index (κ2) is 65.1. The average Bonchev–Trinajstić information content (AvgIpc) is 1.00. The maximum atomic E-state index is 4.09. The SMILES string of the molecule is [NH2-].[NH2-].[SH-].[S]=[Mo]. The molecule has 0 aromatic carbocycles. The molecule has 0 aromatic rings. The van der Waals surface area contributed by atoms with Crippen molar-refractivity contribution < 1.29 is 18.0 Å². The fourth-order valence-electron chi connectivity index (χ4n) is 0. The van der Waals surface area contributed by atoms with E-state index in [2.05, 4.69) is 9.82 Å². The van der Waals surface area contributed by atoms with Crippen LogP contribution < -0.4 is 0 Å². The van der Waals surface area contributed by atoms with Gasteiger partial charge in [0, 0.05) is 0 Å². The molecule has 0 aliphatic heterocycles. The van der Waals surface area contributed by atoms with Gasteiger partial charge in [-0.3, -0.25) is 0 Å². The average molecular weight is 193 g/mol. The summed E-state index contributed by atoms with van der Waals surface area (Å²) < 4.78 is 0. The maximum absolute atomic E-state index is 4.09. The molecule has 0 radical (unpaired) electrons. The monoisotopic (exact) mass is 195 g/mol. The van der Waals surface area contributed by atoms with Crippen molar-refractivity contribution >= 4 is 23.3 Å². The van der Waals surface area contributed by atoms with Crippen LogP contribution in [0.15, 0.2) is 0 Å². The van der Waals surface area contributed by atoms with Gasteiger partial charge in [0.2, 0.25) is 0 Å². The molecule has 5 heteroatoms. The van der Waals surface area contributed by atoms with Gasteiger partial charge in [-0.15, -0.1) is 0 Å². The van der Waals surface area contributed by atoms with Gasteiger partial charge < -0.3 is 25.8 Å². The summed E-state index contributed by atoms with van der Waals surface area (Å²) in [5.41, 5.74) is 0. The second-order valence-corrected chi connectivity index (χ2v) is 0. The summed E-state index contributed by atoms with van der Waals surface area (Å²) >= 11 is 1.53. The van der Waals surface area contributed by atoms with E-state index in [1.165, 1.54) is 18.0 Å². The minimum absolute atomic E-state index is 0. The molecule has 4 N–H and O–H groups in total. The zero-order chi connectivity index (χ0) is 2.00. The van der Waals surface area contributed by atoms with Crippen LogP contribution in [-0.2, 0) is 31.5 Å². The molecule has 0 aromatic heterocycles. The summed E-state index contributed by atoms with van der Waals surface area (Å²) in [7, 11) is 4.09. The van der Waals surface area contributed by atoms with Gasteiger partial charge in [-0.25, -0.2) is 0 Å². The van der Waals surface area contributed by atoms with Gasteiger partial charge in [-0.05, 0) is 0 Å². The van der Waals surface area contributed by atoms with Gasteiger partial charge in [0.25, 0.3) is 0 Å². The van der Waals surface area contributed by atoms with Crippen LogP contribution in [0.3, 0.4) is 0 Å². The van der Waals surface area contributed by atoms with Gasteiger partial charge in [0.05, 0.1) is 0 Å². The normalized spacial score (nSPS) is 0.800. The minimum atomic E-state index is 0. The third-order valence-corrected chi connectivity index (χ3v) is 0. The predicted octanol–water partition coefficient (Wildman–Crippen LogP) is 1.81. The molecule has 0 spiro atoms. The zero-order valence-electron chi connectivity index (χ0n) is 2.42. The van der Waals surface area contributed by atoms with Crippen molar-refractivity contribution in [2.75, 3.05) is 0 Å². The first-order chi connectivity index (χ1) is 1.00. The van der Waals surface area contributed by atoms with Crippen LogP contribution in [0.4, 0.5) is 0 Å². The summed E-state index contributed by atoms with van der Waals surface area (Å²) in [6, 6.07) is 0. The third kappa shape index (κ3) is 37.7. The first-order valence-corrected chi connectivity index (χ1v) is 2.96. The summed E-state index contributed by atoms with van der Waals surface area (Å²) in [4.78, 5) is 0. The van der Waals surface area contributed by atoms with Crippen molar-refractivity contribution in [1.82, 2.24) is 0 Å². The Morgan fingerprint density at radius 3 is 1.00 bits per heavy atom. The molecule has 0 fully saturated rings. The molecular formula is H5MoN2S2-3. The van der Waals surface area contributed by atoms with E-state index in [1.54, 1.807) is 0 Å². The van der Waals surface area contributed by atoms with Crippen LogP contribution in [0, 0.1) is 0 Å². The molecule has 0 bridgehead atoms. The van der Waals surface area contributed by atoms with Gasteiger partial charge >= 0.3 is 27.8 Å². The van der Waals surface area contributed by atoms with E-state index in [-0.39, 0.29) is 25.8 Å². The Balaban J connectivity index is -0.00000000167. The topological polar surface area (TPSA) is 67.0 Å². The van der Waals surface area contributed by atoms with E-state index in [9.17, 15) is 0 Å². The molecule has 0 heterocycles. The number of hydrogen-bond donors (Lipinski definition) is 0. The molecule has 0 aliphatic carbocycles. The molecule has 5 heavy (non-hydrogen) atoms. The molecule has 0 atom stereocenters. The van der Waals surface area contributed by atoms with Crippen LogP contribution in [0.2, 0.25) is 0 Å². The Labute approximate surface area is 53.7 Å². The molecule has 0 amide bonds. The fourth-order valence-corrected chi connectivity index (χ4v) is 0. The summed E-state index contributed by atoms with van der Waals surface area (Å²) in [6.07, 6.45) is 0. The van der Waals surface area contributed by atoms with Crippen molar-refractivity contribution in [1.29, 1.82) is 0 Å². The summed E-state index contributed by atoms with van der Waals surface area (Å²) in [6.45, 7) is 0. The van der Waals surface area contributed by atoms with Gasteiger partial charge in [-0.2, -0.15) is 0 Å². The van der Waals surface area contributed by atoms with Crippen molar-refractivity contribution in [3.63, 3.8) is 0 Å². The van der Waals surface area contributed by atoms with Crippen LogP contribution in [-0.4, -0.2) is 0 Å². The Kier molecular flexibility index (Phi) is 455. The van der Waals surface area contributed by atoms with Crippen LogP contribution in [0.5, 0.6) is 0 Å². The molecule has 0 saturated heterocycles. The summed E-state index contributed by atoms with van der Waals surface area (Å²) in [5.74, 6) is 0. The van der Waals surface area contributed by atoms with Crippen molar-refractivity contribution in [2.24, 2.45) is 0 Å². The Morgan fingerprint density at radius 1 is 1.00 bits per heavy atom. The Hall–Kier alpha value is 1.18. The van der Waals surface area contributed by atoms with Gasteiger partial charge in [-0.1, -0.05) is 0 Å². The van der Waals surface area contributed by atoms with Crippen molar-refractivity contribution in [3.05, 3.63) is 12.3 Å². The third-order valence-electron chi connectivity index (χ3n) is 0. The van der Waals surface area contributed by atoms with E-state index >= 15 is 0 Å². The number of rotatable bonds is 0. The van der Waals surface area contributed by atoms with E-state index in [4.69, 9.17) is 0 Å². The van der Waals surface area contributed by atoms with E-state index < -0.39 is 0 Å². The molecule has 0 unspecified atom stereocenters. The van der Waals surface area contributed by atoms with Crippen LogP contribution >= 0.6 is 9.82 Å². The number of thiol groups is 1. The van der Waals surface area contributed by atoms with Crippen molar-refractivity contribution in [3.8, 4) is 0 Å². The van der Waals surface area contributed by atoms with E-state index in [1.807, 2.05) is 0 Å². The van der Waals surface area contributed by atoms with Gasteiger partial charge in [0.15, 0.2) is 0 Å². The summed E-state index contributed by atoms with van der Waals surface area (Å²) in [5, 5.41) is 0. The van der Waals surface area contributed by atoms with Crippen LogP contribution in [0.1, 0.15) is 0 Å². The van der Waals surface area contributed by atoms with E-state index in [0.717, 1.165) is 0 Å². The second-order valence-electron chi connectivity index (χ2n) is 0. The Bertz CT molecular complexity index is 7.61. The molecule has 0 saturated carbocycles. The molecule has 0 aliphatic rings. The first-order valence-electron chi connectivity index (χ1n) is 0.167. The quantitative estimate of drug-likeness (QED) is 0.334. The van der Waals surface area contributed by atoms with Gasteiger partial charge in [0.1, 0.15) is 0 Å². The molecule has 2 nitrogen and oxygen atoms in total. The number of hydrogen-bond acceptors (Lipinski definition) is 2. The zero-order valence-corrected chi connectivity index (χ0v) is 6.14. The number of nitrogens with two attached hydrogens (primary N) is 2.